The Kier molecular flexibility index (Phi) is 6.73. The number of ether oxygens (including phenoxy) is 1. The Labute approximate surface area is 161 Å². The minimum Gasteiger partial charge on any atom is -0.496 e. The van der Waals surface area contributed by atoms with E-state index in [2.05, 4.69) is 10.6 Å². The topological polar surface area (TPSA) is 87.7 Å². The fourth-order valence-corrected chi connectivity index (χ4v) is 5.24. The molecule has 0 aliphatic carbocycles. The van der Waals surface area contributed by atoms with Gasteiger partial charge in [-0.25, -0.2) is 8.42 Å². The third kappa shape index (κ3) is 4.80. The van der Waals surface area contributed by atoms with Crippen LogP contribution in [0.4, 0.5) is 0 Å². The Morgan fingerprint density at radius 1 is 1.19 bits per heavy atom. The molecule has 2 N–H and O–H groups in total. The number of sulfonamides is 1. The van der Waals surface area contributed by atoms with E-state index >= 15 is 0 Å². The first-order valence-corrected chi connectivity index (χ1v) is 11.2. The monoisotopic (exact) mass is 395 g/mol. The van der Waals surface area contributed by atoms with E-state index in [0.717, 1.165) is 51.6 Å². The fourth-order valence-electron chi connectivity index (χ4n) is 3.69. The number of amides is 1. The van der Waals surface area contributed by atoms with Crippen LogP contribution >= 0.6 is 0 Å². The van der Waals surface area contributed by atoms with E-state index in [1.165, 1.54) is 23.5 Å². The number of methoxy groups -OCH3 is 1. The number of rotatable bonds is 5. The van der Waals surface area contributed by atoms with Crippen LogP contribution in [0, 0.1) is 0 Å². The van der Waals surface area contributed by atoms with Gasteiger partial charge in [-0.1, -0.05) is 12.8 Å². The van der Waals surface area contributed by atoms with Gasteiger partial charge < -0.3 is 15.4 Å². The maximum absolute atomic E-state index is 13.0. The second-order valence-corrected chi connectivity index (χ2v) is 9.14. The molecule has 8 heteroatoms. The van der Waals surface area contributed by atoms with Gasteiger partial charge in [0, 0.05) is 25.7 Å². The van der Waals surface area contributed by atoms with Crippen LogP contribution in [0.15, 0.2) is 23.1 Å². The maximum atomic E-state index is 13.0. The number of hydrogen-bond acceptors (Lipinski definition) is 5. The molecule has 2 heterocycles. The van der Waals surface area contributed by atoms with Crippen LogP contribution in [0.3, 0.4) is 0 Å². The van der Waals surface area contributed by atoms with Gasteiger partial charge in [0.15, 0.2) is 0 Å². The van der Waals surface area contributed by atoms with E-state index in [9.17, 15) is 13.2 Å². The number of piperidine rings is 1. The molecule has 1 atom stereocenters. The first-order valence-electron chi connectivity index (χ1n) is 9.72. The van der Waals surface area contributed by atoms with E-state index in [-0.39, 0.29) is 22.4 Å². The first kappa shape index (κ1) is 20.1. The molecule has 2 aliphatic rings. The largest absolute Gasteiger partial charge is 0.496 e. The van der Waals surface area contributed by atoms with E-state index in [0.29, 0.717) is 18.8 Å². The van der Waals surface area contributed by atoms with Crippen LogP contribution in [-0.2, 0) is 10.0 Å². The minimum atomic E-state index is -3.61. The summed E-state index contributed by atoms with van der Waals surface area (Å²) >= 11 is 0. The summed E-state index contributed by atoms with van der Waals surface area (Å²) in [7, 11) is -2.13. The Hall–Kier alpha value is -1.64. The summed E-state index contributed by atoms with van der Waals surface area (Å²) in [6.45, 7) is 2.74. The quantitative estimate of drug-likeness (QED) is 0.793. The summed E-state index contributed by atoms with van der Waals surface area (Å²) in [5.74, 6) is 0.0829. The molecule has 3 rings (SSSR count). The molecule has 1 amide bonds. The van der Waals surface area contributed by atoms with Crippen molar-refractivity contribution in [1.29, 1.82) is 0 Å². The third-order valence-corrected chi connectivity index (χ3v) is 7.15. The first-order chi connectivity index (χ1) is 13.0. The number of nitrogens with one attached hydrogen (secondary N) is 2. The van der Waals surface area contributed by atoms with Gasteiger partial charge in [-0.2, -0.15) is 4.31 Å². The lowest BCUT2D eigenvalue weighted by molar-refractivity contribution is 0.0927. The highest BCUT2D eigenvalue weighted by molar-refractivity contribution is 7.89. The molecule has 2 fully saturated rings. The molecular formula is C19H29N3O4S. The predicted molar refractivity (Wildman–Crippen MR) is 104 cm³/mol. The molecule has 1 aromatic carbocycles. The number of carbonyl (C=O) groups excluding carboxylic acids is 1. The summed E-state index contributed by atoms with van der Waals surface area (Å²) in [5, 5.41) is 6.24. The van der Waals surface area contributed by atoms with Crippen molar-refractivity contribution >= 4 is 15.9 Å². The van der Waals surface area contributed by atoms with Gasteiger partial charge in [-0.05, 0) is 50.4 Å². The van der Waals surface area contributed by atoms with E-state index in [4.69, 9.17) is 4.74 Å². The van der Waals surface area contributed by atoms with Gasteiger partial charge in [0.05, 0.1) is 17.6 Å². The lowest BCUT2D eigenvalue weighted by Crippen LogP contribution is -2.45. The molecule has 27 heavy (non-hydrogen) atoms. The summed E-state index contributed by atoms with van der Waals surface area (Å²) < 4.78 is 32.9. The van der Waals surface area contributed by atoms with Crippen LogP contribution in [-0.4, -0.2) is 58.0 Å². The van der Waals surface area contributed by atoms with E-state index in [1.54, 1.807) is 6.07 Å². The summed E-state index contributed by atoms with van der Waals surface area (Å²) in [6, 6.07) is 4.59. The van der Waals surface area contributed by atoms with Crippen LogP contribution in [0.5, 0.6) is 5.75 Å². The predicted octanol–water partition coefficient (Wildman–Crippen LogP) is 1.74. The molecule has 2 aliphatic heterocycles. The van der Waals surface area contributed by atoms with Crippen molar-refractivity contribution in [2.24, 2.45) is 0 Å². The number of nitrogens with zero attached hydrogens (tertiary/aromatic N) is 1. The molecule has 0 saturated carbocycles. The Bertz CT molecular complexity index is 752. The Morgan fingerprint density at radius 2 is 1.93 bits per heavy atom. The van der Waals surface area contributed by atoms with Crippen LogP contribution in [0.25, 0.3) is 0 Å². The minimum absolute atomic E-state index is 0.0434. The van der Waals surface area contributed by atoms with Crippen molar-refractivity contribution in [3.8, 4) is 5.75 Å². The Morgan fingerprint density at radius 3 is 2.56 bits per heavy atom. The van der Waals surface area contributed by atoms with Gasteiger partial charge in [-0.3, -0.25) is 4.79 Å². The van der Waals surface area contributed by atoms with Crippen molar-refractivity contribution in [3.05, 3.63) is 23.8 Å². The highest BCUT2D eigenvalue weighted by Gasteiger charge is 2.27. The molecular weight excluding hydrogens is 366 g/mol. The van der Waals surface area contributed by atoms with Gasteiger partial charge in [0.1, 0.15) is 5.75 Å². The van der Waals surface area contributed by atoms with Crippen molar-refractivity contribution in [1.82, 2.24) is 14.9 Å². The maximum Gasteiger partial charge on any atom is 0.255 e. The van der Waals surface area contributed by atoms with Crippen molar-refractivity contribution < 1.29 is 17.9 Å². The third-order valence-electron chi connectivity index (χ3n) is 5.25. The molecule has 0 bridgehead atoms. The molecule has 150 valence electrons. The fraction of sp³-hybridized carbons (Fsp3) is 0.632. The lowest BCUT2D eigenvalue weighted by atomic mass is 10.1. The summed E-state index contributed by atoms with van der Waals surface area (Å²) in [5.41, 5.74) is 0.263. The molecule has 0 spiro atoms. The molecule has 2 saturated heterocycles. The second kappa shape index (κ2) is 9.03. The highest BCUT2D eigenvalue weighted by Crippen LogP contribution is 2.26. The molecule has 1 aromatic rings. The van der Waals surface area contributed by atoms with Crippen molar-refractivity contribution in [3.63, 3.8) is 0 Å². The van der Waals surface area contributed by atoms with Gasteiger partial charge in [0.25, 0.3) is 5.91 Å². The number of benzene rings is 1. The number of hydrogen-bond donors (Lipinski definition) is 2. The van der Waals surface area contributed by atoms with Gasteiger partial charge in [-0.15, -0.1) is 0 Å². The highest BCUT2D eigenvalue weighted by atomic mass is 32.2. The molecule has 7 nitrogen and oxygen atoms in total. The van der Waals surface area contributed by atoms with Crippen molar-refractivity contribution in [2.75, 3.05) is 33.3 Å². The average Bonchev–Trinajstić information content (AvgIpc) is 2.98. The zero-order chi connectivity index (χ0) is 19.3. The zero-order valence-corrected chi connectivity index (χ0v) is 16.7. The standard InChI is InChI=1S/C19H29N3O4S/c1-26-18-9-8-16(27(24,25)22-11-4-2-3-5-12-22)13-17(18)19(23)21-15-7-6-10-20-14-15/h8-9,13,15,20H,2-7,10-12,14H2,1H3,(H,21,23). The van der Waals surface area contributed by atoms with Crippen LogP contribution in [0.2, 0.25) is 0 Å². The molecule has 1 unspecified atom stereocenters. The SMILES string of the molecule is COc1ccc(S(=O)(=O)N2CCCCCC2)cc1C(=O)NC1CCCNC1. The average molecular weight is 396 g/mol. The van der Waals surface area contributed by atoms with E-state index < -0.39 is 10.0 Å². The van der Waals surface area contributed by atoms with Gasteiger partial charge in [0.2, 0.25) is 10.0 Å². The van der Waals surface area contributed by atoms with E-state index in [1.807, 2.05) is 0 Å². The Balaban J connectivity index is 1.84. The van der Waals surface area contributed by atoms with Crippen molar-refractivity contribution in [2.45, 2.75) is 49.5 Å². The van der Waals surface area contributed by atoms with Gasteiger partial charge >= 0.3 is 0 Å². The molecule has 0 aromatic heterocycles. The lowest BCUT2D eigenvalue weighted by Gasteiger charge is -2.24. The zero-order valence-electron chi connectivity index (χ0n) is 15.9. The second-order valence-electron chi connectivity index (χ2n) is 7.20. The smallest absolute Gasteiger partial charge is 0.255 e. The normalized spacial score (nSPS) is 22.0. The van der Waals surface area contributed by atoms with Crippen LogP contribution < -0.4 is 15.4 Å². The summed E-state index contributed by atoms with van der Waals surface area (Å²) in [4.78, 5) is 12.9. The number of carbonyl (C=O) groups is 1. The van der Waals surface area contributed by atoms with Crippen LogP contribution in [0.1, 0.15) is 48.9 Å². The summed E-state index contributed by atoms with van der Waals surface area (Å²) in [6.07, 6.45) is 5.77. The molecule has 0 radical (unpaired) electrons.